The first kappa shape index (κ1) is 15.1. The van der Waals surface area contributed by atoms with Gasteiger partial charge < -0.3 is 5.32 Å². The first-order valence-corrected chi connectivity index (χ1v) is 8.61. The fourth-order valence-corrected chi connectivity index (χ4v) is 3.36. The number of fused-ring (bicyclic) bond motifs is 1. The number of hydrogen-bond donors (Lipinski definition) is 1. The summed E-state index contributed by atoms with van der Waals surface area (Å²) in [7, 11) is 0. The third-order valence-electron chi connectivity index (χ3n) is 4.37. The molecular weight excluding hydrogens is 366 g/mol. The molecule has 1 aliphatic heterocycles. The summed E-state index contributed by atoms with van der Waals surface area (Å²) >= 11 is 3.46. The fraction of sp³-hybridized carbons (Fsp3) is 0.158. The minimum Gasteiger partial charge on any atom is -0.310 e. The van der Waals surface area contributed by atoms with Gasteiger partial charge in [-0.2, -0.15) is 5.10 Å². The third kappa shape index (κ3) is 2.65. The molecule has 1 N–H and O–H groups in total. The molecule has 2 aromatic carbocycles. The Morgan fingerprint density at radius 1 is 1.12 bits per heavy atom. The van der Waals surface area contributed by atoms with E-state index in [1.54, 1.807) is 4.68 Å². The van der Waals surface area contributed by atoms with E-state index >= 15 is 0 Å². The van der Waals surface area contributed by atoms with E-state index in [0.29, 0.717) is 6.42 Å². The zero-order chi connectivity index (χ0) is 16.7. The lowest BCUT2D eigenvalue weighted by Gasteiger charge is -2.23. The Morgan fingerprint density at radius 2 is 1.83 bits per heavy atom. The zero-order valence-electron chi connectivity index (χ0n) is 13.2. The van der Waals surface area contributed by atoms with E-state index in [-0.39, 0.29) is 11.8 Å². The lowest BCUT2D eigenvalue weighted by Crippen LogP contribution is -2.24. The Balaban J connectivity index is 1.80. The Kier molecular flexibility index (Phi) is 3.73. The van der Waals surface area contributed by atoms with Crippen molar-refractivity contribution < 1.29 is 4.79 Å². The minimum atomic E-state index is 0.0179. The Bertz CT molecular complexity index is 897. The predicted octanol–water partition coefficient (Wildman–Crippen LogP) is 4.42. The molecule has 5 heteroatoms. The quantitative estimate of drug-likeness (QED) is 0.714. The molecule has 0 spiro atoms. The highest BCUT2D eigenvalue weighted by Crippen LogP contribution is 2.38. The van der Waals surface area contributed by atoms with Crippen molar-refractivity contribution in [3.63, 3.8) is 0 Å². The normalized spacial score (nSPS) is 16.6. The van der Waals surface area contributed by atoms with Crippen LogP contribution in [0.15, 0.2) is 59.2 Å². The second-order valence-corrected chi connectivity index (χ2v) is 6.97. The number of aryl methyl sites for hydroxylation is 1. The van der Waals surface area contributed by atoms with Crippen LogP contribution in [0.4, 0.5) is 5.82 Å². The number of benzene rings is 2. The lowest BCUT2D eigenvalue weighted by atomic mass is 9.87. The van der Waals surface area contributed by atoms with Crippen molar-refractivity contribution in [1.29, 1.82) is 0 Å². The SMILES string of the molecule is Cc1ccc(-n2ncc3c2NC(=O)C[C@H]3c2ccc(Br)cc2)cc1. The highest BCUT2D eigenvalue weighted by Gasteiger charge is 2.30. The molecule has 120 valence electrons. The maximum atomic E-state index is 12.3. The van der Waals surface area contributed by atoms with Crippen LogP contribution in [0.25, 0.3) is 5.69 Å². The van der Waals surface area contributed by atoms with Crippen LogP contribution < -0.4 is 5.32 Å². The maximum Gasteiger partial charge on any atom is 0.226 e. The topological polar surface area (TPSA) is 46.9 Å². The molecule has 0 fully saturated rings. The number of rotatable bonds is 2. The number of nitrogens with zero attached hydrogens (tertiary/aromatic N) is 2. The fourth-order valence-electron chi connectivity index (χ4n) is 3.09. The average molecular weight is 382 g/mol. The first-order chi connectivity index (χ1) is 11.6. The molecule has 3 aromatic rings. The molecule has 2 heterocycles. The van der Waals surface area contributed by atoms with Crippen LogP contribution in [-0.4, -0.2) is 15.7 Å². The molecule has 1 aromatic heterocycles. The summed E-state index contributed by atoms with van der Waals surface area (Å²) < 4.78 is 2.83. The number of amides is 1. The van der Waals surface area contributed by atoms with Gasteiger partial charge in [-0.3, -0.25) is 4.79 Å². The average Bonchev–Trinajstić information content (AvgIpc) is 2.99. The smallest absolute Gasteiger partial charge is 0.226 e. The number of nitrogens with one attached hydrogen (secondary N) is 1. The molecule has 4 nitrogen and oxygen atoms in total. The first-order valence-electron chi connectivity index (χ1n) is 7.82. The molecular formula is C19H16BrN3O. The van der Waals surface area contributed by atoms with E-state index in [9.17, 15) is 4.79 Å². The van der Waals surface area contributed by atoms with E-state index in [2.05, 4.69) is 38.5 Å². The van der Waals surface area contributed by atoms with Gasteiger partial charge >= 0.3 is 0 Å². The molecule has 0 saturated heterocycles. The van der Waals surface area contributed by atoms with Gasteiger partial charge in [-0.1, -0.05) is 45.8 Å². The van der Waals surface area contributed by atoms with Gasteiger partial charge in [0.1, 0.15) is 5.82 Å². The van der Waals surface area contributed by atoms with Crippen LogP contribution in [0.3, 0.4) is 0 Å². The Labute approximate surface area is 148 Å². The van der Waals surface area contributed by atoms with Crippen LogP contribution in [0, 0.1) is 6.92 Å². The van der Waals surface area contributed by atoms with Crippen molar-refractivity contribution in [3.05, 3.63) is 75.9 Å². The highest BCUT2D eigenvalue weighted by molar-refractivity contribution is 9.10. The van der Waals surface area contributed by atoms with Gasteiger partial charge in [0.25, 0.3) is 0 Å². The molecule has 1 amide bonds. The zero-order valence-corrected chi connectivity index (χ0v) is 14.7. The molecule has 0 aliphatic carbocycles. The predicted molar refractivity (Wildman–Crippen MR) is 97.5 cm³/mol. The highest BCUT2D eigenvalue weighted by atomic mass is 79.9. The van der Waals surface area contributed by atoms with Crippen LogP contribution in [0.5, 0.6) is 0 Å². The number of carbonyl (C=O) groups is 1. The number of carbonyl (C=O) groups excluding carboxylic acids is 1. The van der Waals surface area contributed by atoms with Crippen LogP contribution in [0.1, 0.15) is 29.0 Å². The van der Waals surface area contributed by atoms with E-state index in [1.807, 2.05) is 49.5 Å². The summed E-state index contributed by atoms with van der Waals surface area (Å²) in [6, 6.07) is 16.2. The maximum absolute atomic E-state index is 12.3. The van der Waals surface area contributed by atoms with Crippen LogP contribution in [0.2, 0.25) is 0 Å². The summed E-state index contributed by atoms with van der Waals surface area (Å²) in [5.74, 6) is 0.813. The Hall–Kier alpha value is -2.40. The van der Waals surface area contributed by atoms with Gasteiger partial charge in [-0.05, 0) is 36.8 Å². The van der Waals surface area contributed by atoms with E-state index in [0.717, 1.165) is 27.1 Å². The summed E-state index contributed by atoms with van der Waals surface area (Å²) in [5, 5.41) is 7.50. The van der Waals surface area contributed by atoms with E-state index in [1.165, 1.54) is 5.56 Å². The second-order valence-electron chi connectivity index (χ2n) is 6.05. The molecule has 0 unspecified atom stereocenters. The lowest BCUT2D eigenvalue weighted by molar-refractivity contribution is -0.116. The van der Waals surface area contributed by atoms with Crippen molar-refractivity contribution in [2.24, 2.45) is 0 Å². The van der Waals surface area contributed by atoms with Gasteiger partial charge in [0.15, 0.2) is 0 Å². The van der Waals surface area contributed by atoms with Gasteiger partial charge in [-0.15, -0.1) is 0 Å². The van der Waals surface area contributed by atoms with Gasteiger partial charge in [0.2, 0.25) is 5.91 Å². The number of halogens is 1. The summed E-state index contributed by atoms with van der Waals surface area (Å²) in [6.45, 7) is 2.05. The third-order valence-corrected chi connectivity index (χ3v) is 4.90. The van der Waals surface area contributed by atoms with Crippen LogP contribution in [-0.2, 0) is 4.79 Å². The molecule has 24 heavy (non-hydrogen) atoms. The largest absolute Gasteiger partial charge is 0.310 e. The molecule has 1 aliphatic rings. The number of aromatic nitrogens is 2. The van der Waals surface area contributed by atoms with Gasteiger partial charge in [-0.25, -0.2) is 4.68 Å². The Morgan fingerprint density at radius 3 is 2.54 bits per heavy atom. The van der Waals surface area contributed by atoms with Crippen molar-refractivity contribution >= 4 is 27.7 Å². The summed E-state index contributed by atoms with van der Waals surface area (Å²) in [6.07, 6.45) is 2.30. The number of hydrogen-bond acceptors (Lipinski definition) is 2. The van der Waals surface area contributed by atoms with Crippen molar-refractivity contribution in [3.8, 4) is 5.69 Å². The van der Waals surface area contributed by atoms with Gasteiger partial charge in [0.05, 0.1) is 11.9 Å². The molecule has 4 rings (SSSR count). The number of anilines is 1. The monoisotopic (exact) mass is 381 g/mol. The van der Waals surface area contributed by atoms with Crippen molar-refractivity contribution in [2.75, 3.05) is 5.32 Å². The standard InChI is InChI=1S/C19H16BrN3O/c1-12-2-8-15(9-3-12)23-19-17(11-21-23)16(10-18(24)22-19)13-4-6-14(20)7-5-13/h2-9,11,16H,10H2,1H3,(H,22,24)/t16-/m0/s1. The summed E-state index contributed by atoms with van der Waals surface area (Å²) in [5.41, 5.74) is 4.31. The molecule has 1 atom stereocenters. The van der Waals surface area contributed by atoms with E-state index in [4.69, 9.17) is 0 Å². The minimum absolute atomic E-state index is 0.0179. The molecule has 0 bridgehead atoms. The molecule has 0 radical (unpaired) electrons. The molecule has 0 saturated carbocycles. The summed E-state index contributed by atoms with van der Waals surface area (Å²) in [4.78, 5) is 12.3. The van der Waals surface area contributed by atoms with Gasteiger partial charge in [0, 0.05) is 22.4 Å². The second kappa shape index (κ2) is 5.91. The van der Waals surface area contributed by atoms with E-state index < -0.39 is 0 Å². The van der Waals surface area contributed by atoms with Crippen molar-refractivity contribution in [1.82, 2.24) is 9.78 Å². The van der Waals surface area contributed by atoms with Crippen LogP contribution >= 0.6 is 15.9 Å². The van der Waals surface area contributed by atoms with Crippen molar-refractivity contribution in [2.45, 2.75) is 19.3 Å².